The third kappa shape index (κ3) is 4.39. The van der Waals surface area contributed by atoms with Crippen molar-refractivity contribution in [3.05, 3.63) is 36.3 Å². The molecule has 1 aliphatic heterocycles. The first-order valence-electron chi connectivity index (χ1n) is 9.04. The molecule has 0 aromatic carbocycles. The van der Waals surface area contributed by atoms with Gasteiger partial charge in [0, 0.05) is 51.7 Å². The van der Waals surface area contributed by atoms with E-state index in [0.717, 1.165) is 44.1 Å². The minimum atomic E-state index is -0.435. The van der Waals surface area contributed by atoms with Crippen LogP contribution in [0.25, 0.3) is 5.65 Å². The molecule has 0 bridgehead atoms. The molecular weight excluding hydrogens is 332 g/mol. The van der Waals surface area contributed by atoms with Crippen LogP contribution in [0, 0.1) is 0 Å². The van der Waals surface area contributed by atoms with Crippen LogP contribution >= 0.6 is 0 Å². The van der Waals surface area contributed by atoms with Gasteiger partial charge in [-0.1, -0.05) is 6.07 Å². The van der Waals surface area contributed by atoms with Crippen molar-refractivity contribution in [3.8, 4) is 0 Å². The van der Waals surface area contributed by atoms with Gasteiger partial charge in [0.15, 0.2) is 0 Å². The number of hydrogen-bond acceptors (Lipinski definition) is 5. The molecule has 140 valence electrons. The van der Waals surface area contributed by atoms with Crippen LogP contribution in [0.2, 0.25) is 0 Å². The molecule has 3 amide bonds. The first kappa shape index (κ1) is 18.3. The predicted octanol–water partition coefficient (Wildman–Crippen LogP) is 0.686. The predicted molar refractivity (Wildman–Crippen MR) is 98.7 cm³/mol. The molecule has 2 aromatic heterocycles. The van der Waals surface area contributed by atoms with Crippen LogP contribution < -0.4 is 10.6 Å². The normalized spacial score (nSPS) is 17.2. The summed E-state index contributed by atoms with van der Waals surface area (Å²) in [6.45, 7) is 8.26. The smallest absolute Gasteiger partial charge is 0.321 e. The average molecular weight is 358 g/mol. The highest BCUT2D eigenvalue weighted by atomic mass is 16.2. The van der Waals surface area contributed by atoms with E-state index in [-0.39, 0.29) is 11.9 Å². The van der Waals surface area contributed by atoms with Crippen LogP contribution in [-0.4, -0.2) is 69.9 Å². The van der Waals surface area contributed by atoms with E-state index < -0.39 is 6.03 Å². The summed E-state index contributed by atoms with van der Waals surface area (Å²) in [6.07, 6.45) is 4.06. The van der Waals surface area contributed by atoms with Gasteiger partial charge in [-0.25, -0.2) is 9.78 Å². The number of nitrogens with zero attached hydrogens (tertiary/aromatic N) is 4. The maximum atomic E-state index is 12.2. The van der Waals surface area contributed by atoms with Gasteiger partial charge >= 0.3 is 6.03 Å². The zero-order valence-corrected chi connectivity index (χ0v) is 15.3. The number of amides is 3. The highest BCUT2D eigenvalue weighted by Gasteiger charge is 2.26. The number of carbonyl (C=O) groups excluding carboxylic acids is 2. The molecule has 2 N–H and O–H groups in total. The second kappa shape index (κ2) is 8.29. The van der Waals surface area contributed by atoms with E-state index in [1.165, 1.54) is 0 Å². The molecule has 3 heterocycles. The lowest BCUT2D eigenvalue weighted by Crippen LogP contribution is -2.55. The Bertz CT molecular complexity index is 733. The zero-order chi connectivity index (χ0) is 18.5. The summed E-state index contributed by atoms with van der Waals surface area (Å²) in [5.41, 5.74) is 2.00. The number of imidazole rings is 1. The Balaban J connectivity index is 1.49. The van der Waals surface area contributed by atoms with Gasteiger partial charge < -0.3 is 9.72 Å². The van der Waals surface area contributed by atoms with E-state index >= 15 is 0 Å². The van der Waals surface area contributed by atoms with Crippen molar-refractivity contribution in [2.45, 2.75) is 26.4 Å². The van der Waals surface area contributed by atoms with E-state index in [0.29, 0.717) is 6.54 Å². The standard InChI is InChI=1S/C18H26N6O2/c1-3-19-18(26)21-17(25)14(2)23-10-8-22(9-11-23)12-15-13-24-7-5-4-6-16(24)20-15/h4-7,13-14H,3,8-12H2,1-2H3,(H2,19,21,25,26). The first-order chi connectivity index (χ1) is 12.6. The van der Waals surface area contributed by atoms with Crippen molar-refractivity contribution in [2.24, 2.45) is 0 Å². The number of pyridine rings is 1. The van der Waals surface area contributed by atoms with E-state index in [1.807, 2.05) is 42.6 Å². The fraction of sp³-hybridized carbons (Fsp3) is 0.500. The number of piperazine rings is 1. The van der Waals surface area contributed by atoms with Crippen LogP contribution in [-0.2, 0) is 11.3 Å². The van der Waals surface area contributed by atoms with E-state index in [2.05, 4.69) is 31.6 Å². The molecule has 8 heteroatoms. The van der Waals surface area contributed by atoms with Crippen LogP contribution in [0.4, 0.5) is 4.79 Å². The van der Waals surface area contributed by atoms with Crippen molar-refractivity contribution < 1.29 is 9.59 Å². The summed E-state index contributed by atoms with van der Waals surface area (Å²) in [4.78, 5) is 32.7. The molecule has 2 aromatic rings. The quantitative estimate of drug-likeness (QED) is 0.822. The molecule has 0 spiro atoms. The number of urea groups is 1. The number of aromatic nitrogens is 2. The number of carbonyl (C=O) groups is 2. The SMILES string of the molecule is CCNC(=O)NC(=O)C(C)N1CCN(Cc2cn3ccccc3n2)CC1. The number of fused-ring (bicyclic) bond motifs is 1. The minimum Gasteiger partial charge on any atom is -0.338 e. The van der Waals surface area contributed by atoms with Crippen LogP contribution in [0.1, 0.15) is 19.5 Å². The lowest BCUT2D eigenvalue weighted by molar-refractivity contribution is -0.125. The zero-order valence-electron chi connectivity index (χ0n) is 15.3. The van der Waals surface area contributed by atoms with Gasteiger partial charge in [-0.3, -0.25) is 19.9 Å². The Kier molecular flexibility index (Phi) is 5.85. The Labute approximate surface area is 153 Å². The Hall–Kier alpha value is -2.45. The van der Waals surface area contributed by atoms with Gasteiger partial charge in [-0.05, 0) is 26.0 Å². The van der Waals surface area contributed by atoms with Crippen LogP contribution in [0.3, 0.4) is 0 Å². The number of hydrogen-bond donors (Lipinski definition) is 2. The van der Waals surface area contributed by atoms with Gasteiger partial charge in [0.2, 0.25) is 5.91 Å². The van der Waals surface area contributed by atoms with Gasteiger partial charge in [0.05, 0.1) is 11.7 Å². The van der Waals surface area contributed by atoms with Crippen LogP contribution in [0.15, 0.2) is 30.6 Å². The summed E-state index contributed by atoms with van der Waals surface area (Å²) >= 11 is 0. The lowest BCUT2D eigenvalue weighted by atomic mass is 10.2. The lowest BCUT2D eigenvalue weighted by Gasteiger charge is -2.37. The van der Waals surface area contributed by atoms with Crippen LogP contribution in [0.5, 0.6) is 0 Å². The maximum Gasteiger partial charge on any atom is 0.321 e. The highest BCUT2D eigenvalue weighted by molar-refractivity contribution is 5.96. The maximum absolute atomic E-state index is 12.2. The number of imide groups is 1. The summed E-state index contributed by atoms with van der Waals surface area (Å²) in [7, 11) is 0. The van der Waals surface area contributed by atoms with E-state index in [1.54, 1.807) is 0 Å². The molecule has 8 nitrogen and oxygen atoms in total. The molecular formula is C18H26N6O2. The van der Waals surface area contributed by atoms with Gasteiger partial charge in [-0.15, -0.1) is 0 Å². The van der Waals surface area contributed by atoms with Crippen molar-refractivity contribution in [2.75, 3.05) is 32.7 Å². The third-order valence-electron chi connectivity index (χ3n) is 4.71. The highest BCUT2D eigenvalue weighted by Crippen LogP contribution is 2.11. The largest absolute Gasteiger partial charge is 0.338 e. The molecule has 0 aliphatic carbocycles. The third-order valence-corrected chi connectivity index (χ3v) is 4.71. The minimum absolute atomic E-state index is 0.259. The topological polar surface area (TPSA) is 82.0 Å². The number of nitrogens with one attached hydrogen (secondary N) is 2. The molecule has 3 rings (SSSR count). The summed E-state index contributed by atoms with van der Waals surface area (Å²) < 4.78 is 2.03. The molecule has 26 heavy (non-hydrogen) atoms. The van der Waals surface area contributed by atoms with E-state index in [9.17, 15) is 9.59 Å². The van der Waals surface area contributed by atoms with Gasteiger partial charge in [-0.2, -0.15) is 0 Å². The van der Waals surface area contributed by atoms with Crippen molar-refractivity contribution in [1.82, 2.24) is 29.8 Å². The molecule has 0 saturated carbocycles. The fourth-order valence-electron chi connectivity index (χ4n) is 3.19. The Morgan fingerprint density at radius 2 is 2.00 bits per heavy atom. The Morgan fingerprint density at radius 1 is 1.23 bits per heavy atom. The van der Waals surface area contributed by atoms with Gasteiger partial charge in [0.25, 0.3) is 0 Å². The molecule has 1 fully saturated rings. The summed E-state index contributed by atoms with van der Waals surface area (Å²) in [5.74, 6) is -0.259. The van der Waals surface area contributed by atoms with E-state index in [4.69, 9.17) is 0 Å². The first-order valence-corrected chi connectivity index (χ1v) is 9.04. The summed E-state index contributed by atoms with van der Waals surface area (Å²) in [6, 6.07) is 5.21. The van der Waals surface area contributed by atoms with Gasteiger partial charge in [0.1, 0.15) is 5.65 Å². The molecule has 0 radical (unpaired) electrons. The molecule has 1 saturated heterocycles. The Morgan fingerprint density at radius 3 is 2.69 bits per heavy atom. The average Bonchev–Trinajstić information content (AvgIpc) is 3.04. The van der Waals surface area contributed by atoms with Crippen molar-refractivity contribution >= 4 is 17.6 Å². The number of rotatable bonds is 5. The molecule has 1 atom stereocenters. The molecule has 1 unspecified atom stereocenters. The second-order valence-corrected chi connectivity index (χ2v) is 6.54. The van der Waals surface area contributed by atoms with Crippen molar-refractivity contribution in [1.29, 1.82) is 0 Å². The van der Waals surface area contributed by atoms with Crippen molar-refractivity contribution in [3.63, 3.8) is 0 Å². The fourth-order valence-corrected chi connectivity index (χ4v) is 3.19. The second-order valence-electron chi connectivity index (χ2n) is 6.54. The summed E-state index contributed by atoms with van der Waals surface area (Å²) in [5, 5.41) is 4.96. The monoisotopic (exact) mass is 358 g/mol. The molecule has 1 aliphatic rings.